The lowest BCUT2D eigenvalue weighted by molar-refractivity contribution is -0.140. The Bertz CT molecular complexity index is 715. The smallest absolute Gasteiger partial charge is 0.323 e. The quantitative estimate of drug-likeness (QED) is 0.608. The minimum absolute atomic E-state index is 0.135. The van der Waals surface area contributed by atoms with Gasteiger partial charge in [0.1, 0.15) is 28.1 Å². The Balaban J connectivity index is 2.41. The Morgan fingerprint density at radius 3 is 2.65 bits per heavy atom. The van der Waals surface area contributed by atoms with E-state index in [0.717, 1.165) is 16.7 Å². The summed E-state index contributed by atoms with van der Waals surface area (Å²) in [5.74, 6) is -1.11. The highest BCUT2D eigenvalue weighted by molar-refractivity contribution is 8.26. The molecule has 0 atom stereocenters. The molecule has 122 valence electrons. The van der Waals surface area contributed by atoms with E-state index in [4.69, 9.17) is 26.8 Å². The van der Waals surface area contributed by atoms with Crippen molar-refractivity contribution in [3.05, 3.63) is 22.6 Å². The molecule has 0 spiro atoms. The third-order valence-electron chi connectivity index (χ3n) is 2.99. The van der Waals surface area contributed by atoms with Gasteiger partial charge in [0.15, 0.2) is 0 Å². The largest absolute Gasteiger partial charge is 0.507 e. The highest BCUT2D eigenvalue weighted by Crippen LogP contribution is 2.39. The number of thiocarbonyl (C=S) groups is 1. The van der Waals surface area contributed by atoms with E-state index in [2.05, 4.69) is 0 Å². The lowest BCUT2D eigenvalue weighted by Gasteiger charge is -2.11. The number of rotatable bonds is 5. The lowest BCUT2D eigenvalue weighted by Crippen LogP contribution is -2.33. The minimum Gasteiger partial charge on any atom is -0.507 e. The summed E-state index contributed by atoms with van der Waals surface area (Å²) < 4.78 is 10.4. The number of methoxy groups -OCH3 is 2. The van der Waals surface area contributed by atoms with Crippen molar-refractivity contribution in [3.8, 4) is 17.2 Å². The number of carboxylic acid groups (broad SMARTS) is 1. The van der Waals surface area contributed by atoms with Crippen LogP contribution >= 0.6 is 24.0 Å². The van der Waals surface area contributed by atoms with E-state index in [-0.39, 0.29) is 20.5 Å². The number of carbonyl (C=O) groups is 2. The van der Waals surface area contributed by atoms with Crippen molar-refractivity contribution >= 4 is 46.3 Å². The minimum atomic E-state index is -1.16. The third kappa shape index (κ3) is 3.57. The van der Waals surface area contributed by atoms with Gasteiger partial charge in [0.25, 0.3) is 5.91 Å². The van der Waals surface area contributed by atoms with Crippen LogP contribution in [-0.2, 0) is 9.59 Å². The summed E-state index contributed by atoms with van der Waals surface area (Å²) in [4.78, 5) is 24.2. The van der Waals surface area contributed by atoms with Gasteiger partial charge in [0, 0.05) is 12.1 Å². The number of benzene rings is 1. The maximum Gasteiger partial charge on any atom is 0.323 e. The zero-order chi connectivity index (χ0) is 17.1. The first-order chi connectivity index (χ1) is 10.9. The van der Waals surface area contributed by atoms with Crippen molar-refractivity contribution in [1.29, 1.82) is 0 Å². The van der Waals surface area contributed by atoms with Crippen molar-refractivity contribution in [3.63, 3.8) is 0 Å². The van der Waals surface area contributed by atoms with Crippen LogP contribution in [0.4, 0.5) is 0 Å². The highest BCUT2D eigenvalue weighted by atomic mass is 32.2. The number of aliphatic carboxylic acids is 1. The number of carboxylic acids is 1. The number of carbonyl (C=O) groups excluding carboxylic acids is 1. The van der Waals surface area contributed by atoms with Crippen LogP contribution in [-0.4, -0.2) is 52.1 Å². The van der Waals surface area contributed by atoms with Crippen molar-refractivity contribution in [2.75, 3.05) is 20.8 Å². The van der Waals surface area contributed by atoms with Crippen molar-refractivity contribution in [1.82, 2.24) is 4.90 Å². The molecule has 0 bridgehead atoms. The molecule has 1 fully saturated rings. The first-order valence-electron chi connectivity index (χ1n) is 6.29. The van der Waals surface area contributed by atoms with Gasteiger partial charge in [-0.25, -0.2) is 0 Å². The molecule has 9 heteroatoms. The van der Waals surface area contributed by atoms with E-state index in [1.165, 1.54) is 26.4 Å². The van der Waals surface area contributed by atoms with Gasteiger partial charge in [-0.3, -0.25) is 14.5 Å². The summed E-state index contributed by atoms with van der Waals surface area (Å²) in [5, 5.41) is 18.9. The van der Waals surface area contributed by atoms with E-state index in [0.29, 0.717) is 11.5 Å². The maximum absolute atomic E-state index is 12.2. The SMILES string of the molecule is COc1cc(O)c(/C=C2\SC(=S)N(CC(=O)O)C2=O)c(OC)c1. The predicted octanol–water partition coefficient (Wildman–Crippen LogP) is 1.70. The number of thioether (sulfide) groups is 1. The van der Waals surface area contributed by atoms with Crippen LogP contribution in [0.1, 0.15) is 5.56 Å². The molecule has 0 unspecified atom stereocenters. The second-order valence-corrected chi connectivity index (χ2v) is 6.10. The Kier molecular flexibility index (Phi) is 5.12. The van der Waals surface area contributed by atoms with Gasteiger partial charge < -0.3 is 19.7 Å². The molecule has 1 aliphatic heterocycles. The van der Waals surface area contributed by atoms with Gasteiger partial charge >= 0.3 is 5.97 Å². The summed E-state index contributed by atoms with van der Waals surface area (Å²) in [7, 11) is 2.87. The number of amides is 1. The molecule has 0 saturated carbocycles. The number of hydrogen-bond donors (Lipinski definition) is 2. The van der Waals surface area contributed by atoms with Crippen LogP contribution in [0.25, 0.3) is 6.08 Å². The topological polar surface area (TPSA) is 96.3 Å². The van der Waals surface area contributed by atoms with Crippen LogP contribution in [0.5, 0.6) is 17.2 Å². The van der Waals surface area contributed by atoms with Gasteiger partial charge in [-0.05, 0) is 6.08 Å². The second-order valence-electron chi connectivity index (χ2n) is 4.42. The number of phenolic OH excluding ortho intramolecular Hbond substituents is 1. The monoisotopic (exact) mass is 355 g/mol. The Hall–Kier alpha value is -2.26. The molecule has 7 nitrogen and oxygen atoms in total. The van der Waals surface area contributed by atoms with Crippen LogP contribution in [0.2, 0.25) is 0 Å². The molecule has 0 radical (unpaired) electrons. The maximum atomic E-state index is 12.2. The van der Waals surface area contributed by atoms with Crippen molar-refractivity contribution in [2.24, 2.45) is 0 Å². The van der Waals surface area contributed by atoms with E-state index in [1.807, 2.05) is 0 Å². The zero-order valence-electron chi connectivity index (χ0n) is 12.2. The van der Waals surface area contributed by atoms with E-state index < -0.39 is 18.4 Å². The normalized spacial score (nSPS) is 16.1. The lowest BCUT2D eigenvalue weighted by atomic mass is 10.1. The van der Waals surface area contributed by atoms with Gasteiger partial charge in [0.2, 0.25) is 0 Å². The Labute approximate surface area is 141 Å². The first-order valence-corrected chi connectivity index (χ1v) is 7.52. The van der Waals surface area contributed by atoms with E-state index >= 15 is 0 Å². The van der Waals surface area contributed by atoms with Crippen LogP contribution < -0.4 is 9.47 Å². The Morgan fingerprint density at radius 2 is 2.09 bits per heavy atom. The molecule has 2 N–H and O–H groups in total. The number of aromatic hydroxyl groups is 1. The zero-order valence-corrected chi connectivity index (χ0v) is 13.9. The molecule has 0 aliphatic carbocycles. The van der Waals surface area contributed by atoms with Gasteiger partial charge in [-0.15, -0.1) is 0 Å². The molecule has 1 heterocycles. The van der Waals surface area contributed by atoms with E-state index in [1.54, 1.807) is 6.07 Å². The Morgan fingerprint density at radius 1 is 1.39 bits per heavy atom. The predicted molar refractivity (Wildman–Crippen MR) is 88.7 cm³/mol. The fourth-order valence-corrected chi connectivity index (χ4v) is 3.16. The molecule has 23 heavy (non-hydrogen) atoms. The van der Waals surface area contributed by atoms with Gasteiger partial charge in [-0.2, -0.15) is 0 Å². The summed E-state index contributed by atoms with van der Waals surface area (Å²) in [5.41, 5.74) is 0.282. The molecule has 1 aliphatic rings. The highest BCUT2D eigenvalue weighted by Gasteiger charge is 2.33. The standard InChI is InChI=1S/C14H13NO6S2/c1-20-7-3-9(16)8(10(4-7)21-2)5-11-13(19)15(6-12(17)18)14(22)23-11/h3-5,16H,6H2,1-2H3,(H,17,18)/b11-5-. The fourth-order valence-electron chi connectivity index (χ4n) is 1.92. The summed E-state index contributed by atoms with van der Waals surface area (Å²) in [6.45, 7) is -0.506. The molecule has 1 saturated heterocycles. The number of hydrogen-bond acceptors (Lipinski definition) is 7. The fraction of sp³-hybridized carbons (Fsp3) is 0.214. The average Bonchev–Trinajstić information content (AvgIpc) is 2.76. The second kappa shape index (κ2) is 6.88. The van der Waals surface area contributed by atoms with E-state index in [9.17, 15) is 14.7 Å². The molecule has 1 aromatic rings. The number of phenols is 1. The first kappa shape index (κ1) is 17.1. The molecular formula is C14H13NO6S2. The molecular weight excluding hydrogens is 342 g/mol. The molecule has 2 rings (SSSR count). The number of nitrogens with zero attached hydrogens (tertiary/aromatic N) is 1. The van der Waals surface area contributed by atoms with Crippen molar-refractivity contribution in [2.45, 2.75) is 0 Å². The van der Waals surface area contributed by atoms with Gasteiger partial charge in [-0.1, -0.05) is 24.0 Å². The molecule has 1 aromatic carbocycles. The molecule has 0 aromatic heterocycles. The van der Waals surface area contributed by atoms with Crippen LogP contribution in [0.3, 0.4) is 0 Å². The third-order valence-corrected chi connectivity index (χ3v) is 4.37. The van der Waals surface area contributed by atoms with Crippen LogP contribution in [0, 0.1) is 0 Å². The van der Waals surface area contributed by atoms with Crippen LogP contribution in [0.15, 0.2) is 17.0 Å². The number of ether oxygens (including phenoxy) is 2. The molecule has 1 amide bonds. The summed E-state index contributed by atoms with van der Waals surface area (Å²) in [6.07, 6.45) is 1.41. The van der Waals surface area contributed by atoms with Gasteiger partial charge in [0.05, 0.1) is 24.7 Å². The van der Waals surface area contributed by atoms with Crippen molar-refractivity contribution < 1.29 is 29.3 Å². The summed E-state index contributed by atoms with van der Waals surface area (Å²) in [6, 6.07) is 2.94. The summed E-state index contributed by atoms with van der Waals surface area (Å²) >= 11 is 5.98. The average molecular weight is 355 g/mol.